The zero-order valence-electron chi connectivity index (χ0n) is 20.4. The molecule has 0 aliphatic carbocycles. The second-order valence-corrected chi connectivity index (χ2v) is 9.67. The molecular weight excluding hydrogens is 436 g/mol. The van der Waals surface area contributed by atoms with Crippen LogP contribution in [0.3, 0.4) is 0 Å². The van der Waals surface area contributed by atoms with Crippen molar-refractivity contribution in [3.05, 3.63) is 36.5 Å². The molecule has 0 bridgehead atoms. The second-order valence-electron chi connectivity index (χ2n) is 9.67. The van der Waals surface area contributed by atoms with Crippen LogP contribution in [0.2, 0.25) is 0 Å². The van der Waals surface area contributed by atoms with Crippen molar-refractivity contribution in [3.8, 4) is 0 Å². The molecule has 9 nitrogen and oxygen atoms in total. The van der Waals surface area contributed by atoms with Gasteiger partial charge in [-0.2, -0.15) is 0 Å². The summed E-state index contributed by atoms with van der Waals surface area (Å²) in [6.07, 6.45) is 1.83. The molecule has 3 amide bonds. The highest BCUT2D eigenvalue weighted by Crippen LogP contribution is 2.18. The number of ether oxygens (including phenoxy) is 1. The van der Waals surface area contributed by atoms with Gasteiger partial charge in [0.15, 0.2) is 0 Å². The summed E-state index contributed by atoms with van der Waals surface area (Å²) in [6, 6.07) is 7.81. The number of rotatable bonds is 10. The van der Waals surface area contributed by atoms with E-state index in [0.717, 1.165) is 10.9 Å². The Bertz CT molecular complexity index is 1050. The lowest BCUT2D eigenvalue weighted by molar-refractivity contribution is -0.155. The van der Waals surface area contributed by atoms with E-state index < -0.39 is 41.3 Å². The van der Waals surface area contributed by atoms with E-state index in [9.17, 15) is 19.2 Å². The Labute approximate surface area is 199 Å². The Kier molecular flexibility index (Phi) is 9.11. The molecule has 0 saturated heterocycles. The zero-order chi connectivity index (χ0) is 25.5. The molecule has 9 heteroatoms. The first-order valence-corrected chi connectivity index (χ1v) is 11.3. The van der Waals surface area contributed by atoms with Gasteiger partial charge in [-0.05, 0) is 63.8 Å². The van der Waals surface area contributed by atoms with Crippen LogP contribution in [-0.2, 0) is 23.9 Å². The lowest BCUT2D eigenvalue weighted by Gasteiger charge is -2.23. The molecule has 0 fully saturated rings. The van der Waals surface area contributed by atoms with E-state index in [1.807, 2.05) is 19.9 Å². The van der Waals surface area contributed by atoms with E-state index in [1.165, 1.54) is 0 Å². The molecule has 0 aliphatic heterocycles. The number of nitrogens with one attached hydrogen (secondary N) is 2. The Hall–Kier alpha value is -3.49. The summed E-state index contributed by atoms with van der Waals surface area (Å²) in [6.45, 7) is 8.97. The lowest BCUT2D eigenvalue weighted by Crippen LogP contribution is -2.49. The monoisotopic (exact) mass is 470 g/mol. The number of carbonyl (C=O) groups excluding carboxylic acids is 4. The van der Waals surface area contributed by atoms with Gasteiger partial charge in [0.1, 0.15) is 17.6 Å². The highest BCUT2D eigenvalue weighted by molar-refractivity contribution is 6.03. The normalized spacial score (nSPS) is 13.2. The molecule has 0 aliphatic rings. The molecule has 4 N–H and O–H groups in total. The van der Waals surface area contributed by atoms with Gasteiger partial charge in [-0.3, -0.25) is 24.2 Å². The molecule has 2 rings (SSSR count). The van der Waals surface area contributed by atoms with Gasteiger partial charge in [0.25, 0.3) is 0 Å². The van der Waals surface area contributed by atoms with Crippen LogP contribution in [0, 0.1) is 11.8 Å². The van der Waals surface area contributed by atoms with Crippen molar-refractivity contribution in [2.24, 2.45) is 17.6 Å². The molecule has 2 aromatic rings. The van der Waals surface area contributed by atoms with Crippen LogP contribution >= 0.6 is 0 Å². The van der Waals surface area contributed by atoms with Crippen molar-refractivity contribution in [2.75, 3.05) is 5.32 Å². The fraction of sp³-hybridized carbons (Fsp3) is 0.480. The zero-order valence-corrected chi connectivity index (χ0v) is 20.4. The number of esters is 1. The number of hydrogen-bond acceptors (Lipinski definition) is 6. The number of nitrogens with two attached hydrogens (primary N) is 1. The van der Waals surface area contributed by atoms with Crippen molar-refractivity contribution in [3.63, 3.8) is 0 Å². The fourth-order valence-corrected chi connectivity index (χ4v) is 3.40. The van der Waals surface area contributed by atoms with Crippen LogP contribution < -0.4 is 16.4 Å². The molecule has 0 saturated carbocycles. The summed E-state index contributed by atoms with van der Waals surface area (Å²) < 4.78 is 5.31. The van der Waals surface area contributed by atoms with Crippen molar-refractivity contribution >= 4 is 40.3 Å². The number of pyridine rings is 1. The van der Waals surface area contributed by atoms with E-state index >= 15 is 0 Å². The molecule has 34 heavy (non-hydrogen) atoms. The maximum atomic E-state index is 13.1. The Morgan fingerprint density at radius 1 is 1.09 bits per heavy atom. The second kappa shape index (κ2) is 11.6. The third-order valence-corrected chi connectivity index (χ3v) is 4.93. The molecule has 1 aromatic heterocycles. The number of amides is 3. The minimum absolute atomic E-state index is 0.00517. The first-order chi connectivity index (χ1) is 15.9. The Morgan fingerprint density at radius 2 is 1.79 bits per heavy atom. The van der Waals surface area contributed by atoms with Crippen molar-refractivity contribution < 1.29 is 23.9 Å². The molecule has 1 aromatic carbocycles. The van der Waals surface area contributed by atoms with Gasteiger partial charge in [-0.15, -0.1) is 0 Å². The predicted molar refractivity (Wildman–Crippen MR) is 130 cm³/mol. The number of nitrogens with zero attached hydrogens (tertiary/aromatic N) is 1. The minimum atomic E-state index is -1.08. The van der Waals surface area contributed by atoms with Crippen LogP contribution in [0.4, 0.5) is 5.69 Å². The molecular formula is C25H34N4O5. The number of hydrogen-bond donors (Lipinski definition) is 3. The van der Waals surface area contributed by atoms with Gasteiger partial charge >= 0.3 is 5.97 Å². The van der Waals surface area contributed by atoms with Crippen LogP contribution in [0.25, 0.3) is 10.9 Å². The average molecular weight is 471 g/mol. The van der Waals surface area contributed by atoms with Crippen LogP contribution in [-0.4, -0.2) is 40.3 Å². The third-order valence-electron chi connectivity index (χ3n) is 4.93. The van der Waals surface area contributed by atoms with Gasteiger partial charge < -0.3 is 21.1 Å². The minimum Gasteiger partial charge on any atom is -0.460 e. The molecule has 184 valence electrons. The van der Waals surface area contributed by atoms with E-state index in [0.29, 0.717) is 5.69 Å². The van der Waals surface area contributed by atoms with Crippen LogP contribution in [0.15, 0.2) is 36.5 Å². The summed E-state index contributed by atoms with van der Waals surface area (Å²) in [5, 5.41) is 6.21. The lowest BCUT2D eigenvalue weighted by atomic mass is 9.95. The van der Waals surface area contributed by atoms with Gasteiger partial charge in [-0.25, -0.2) is 0 Å². The molecule has 0 spiro atoms. The molecule has 0 radical (unpaired) electrons. The summed E-state index contributed by atoms with van der Waals surface area (Å²) in [7, 11) is 0. The number of carbonyl (C=O) groups is 4. The molecule has 0 unspecified atom stereocenters. The fourth-order valence-electron chi connectivity index (χ4n) is 3.40. The Balaban J connectivity index is 2.19. The average Bonchev–Trinajstić information content (AvgIpc) is 2.73. The van der Waals surface area contributed by atoms with Crippen molar-refractivity contribution in [1.29, 1.82) is 0 Å². The Morgan fingerprint density at radius 3 is 2.41 bits per heavy atom. The SMILES string of the molecule is CC(C)C[C@@H](C(N)=O)C(=O)N[C@@H](CCC(=O)OC(C)(C)C)C(=O)Nc1ccc2ncccc2c1. The largest absolute Gasteiger partial charge is 0.460 e. The number of aromatic nitrogens is 1. The molecule has 1 heterocycles. The van der Waals surface area contributed by atoms with E-state index in [1.54, 1.807) is 51.2 Å². The standard InChI is InChI=1S/C25H34N4O5/c1-15(2)13-18(22(26)31)23(32)29-20(10-11-21(30)34-25(3,4)5)24(33)28-17-8-9-19-16(14-17)7-6-12-27-19/h6-9,12,14-15,18,20H,10-11,13H2,1-5H3,(H2,26,31)(H,28,33)(H,29,32)/t18-,20-/m0/s1. The molecule has 2 atom stereocenters. The van der Waals surface area contributed by atoms with Gasteiger partial charge in [0.2, 0.25) is 17.7 Å². The highest BCUT2D eigenvalue weighted by Gasteiger charge is 2.30. The highest BCUT2D eigenvalue weighted by atomic mass is 16.6. The summed E-state index contributed by atoms with van der Waals surface area (Å²) in [5.74, 6) is -3.46. The summed E-state index contributed by atoms with van der Waals surface area (Å²) in [4.78, 5) is 54.2. The maximum absolute atomic E-state index is 13.1. The van der Waals surface area contributed by atoms with E-state index in [2.05, 4.69) is 15.6 Å². The van der Waals surface area contributed by atoms with Crippen molar-refractivity contribution in [1.82, 2.24) is 10.3 Å². The maximum Gasteiger partial charge on any atom is 0.306 e. The van der Waals surface area contributed by atoms with E-state index in [4.69, 9.17) is 10.5 Å². The first-order valence-electron chi connectivity index (χ1n) is 11.3. The topological polar surface area (TPSA) is 140 Å². The quantitative estimate of drug-likeness (QED) is 0.360. The number of primary amides is 1. The van der Waals surface area contributed by atoms with Gasteiger partial charge in [0.05, 0.1) is 5.52 Å². The first kappa shape index (κ1) is 26.8. The third kappa shape index (κ3) is 8.46. The summed E-state index contributed by atoms with van der Waals surface area (Å²) in [5.41, 5.74) is 6.03. The van der Waals surface area contributed by atoms with Gasteiger partial charge in [0, 0.05) is 23.7 Å². The predicted octanol–water partition coefficient (Wildman–Crippen LogP) is 2.93. The van der Waals surface area contributed by atoms with Gasteiger partial charge in [-0.1, -0.05) is 19.9 Å². The number of benzene rings is 1. The van der Waals surface area contributed by atoms with E-state index in [-0.39, 0.29) is 25.2 Å². The smallest absolute Gasteiger partial charge is 0.306 e. The van der Waals surface area contributed by atoms with Crippen LogP contribution in [0.1, 0.15) is 53.9 Å². The van der Waals surface area contributed by atoms with Crippen molar-refractivity contribution in [2.45, 2.75) is 65.5 Å². The number of fused-ring (bicyclic) bond motifs is 1. The number of anilines is 1. The van der Waals surface area contributed by atoms with Crippen LogP contribution in [0.5, 0.6) is 0 Å². The summed E-state index contributed by atoms with van der Waals surface area (Å²) >= 11 is 0.